The molecule has 86 valence electrons. The van der Waals surface area contributed by atoms with Crippen LogP contribution in [-0.4, -0.2) is 40.2 Å². The van der Waals surface area contributed by atoms with Crippen molar-refractivity contribution in [1.82, 2.24) is 4.90 Å². The average molecular weight is 292 g/mol. The zero-order chi connectivity index (χ0) is 10.7. The number of hydrogen-bond acceptors (Lipinski definition) is 2. The molecular formula is C11H18BrNOS. The van der Waals surface area contributed by atoms with Gasteiger partial charge in [-0.05, 0) is 37.4 Å². The molecule has 0 aromatic rings. The number of halogens is 1. The van der Waals surface area contributed by atoms with E-state index in [0.717, 1.165) is 30.8 Å². The number of carbonyl (C=O) groups excluding carboxylic acids is 1. The fraction of sp³-hybridized carbons (Fsp3) is 0.909. The molecule has 0 saturated carbocycles. The van der Waals surface area contributed by atoms with Crippen molar-refractivity contribution in [2.45, 2.75) is 30.9 Å². The Labute approximate surface area is 104 Å². The number of alkyl halides is 1. The van der Waals surface area contributed by atoms with Crippen LogP contribution in [0.4, 0.5) is 0 Å². The van der Waals surface area contributed by atoms with Crippen LogP contribution in [0.2, 0.25) is 0 Å². The van der Waals surface area contributed by atoms with Gasteiger partial charge in [-0.15, -0.1) is 11.8 Å². The summed E-state index contributed by atoms with van der Waals surface area (Å²) in [7, 11) is 0. The minimum absolute atomic E-state index is 0.285. The smallest absolute Gasteiger partial charge is 0.235 e. The van der Waals surface area contributed by atoms with Crippen molar-refractivity contribution in [3.05, 3.63) is 0 Å². The standard InChI is InChI=1S/C11H18BrNOS/c12-5-3-9-4-6-13(8-9)11(14)10-2-1-7-15-10/h9-10H,1-8H2. The Morgan fingerprint density at radius 1 is 1.47 bits per heavy atom. The lowest BCUT2D eigenvalue weighted by atomic mass is 10.1. The second-order valence-corrected chi connectivity index (χ2v) is 6.52. The van der Waals surface area contributed by atoms with Crippen LogP contribution >= 0.6 is 27.7 Å². The molecule has 2 nitrogen and oxygen atoms in total. The van der Waals surface area contributed by atoms with Gasteiger partial charge in [-0.25, -0.2) is 0 Å². The van der Waals surface area contributed by atoms with Crippen molar-refractivity contribution in [2.75, 3.05) is 24.2 Å². The molecule has 2 rings (SSSR count). The predicted molar refractivity (Wildman–Crippen MR) is 68.6 cm³/mol. The zero-order valence-electron chi connectivity index (χ0n) is 8.95. The number of thioether (sulfide) groups is 1. The monoisotopic (exact) mass is 291 g/mol. The summed E-state index contributed by atoms with van der Waals surface area (Å²) in [5, 5.41) is 1.35. The van der Waals surface area contributed by atoms with Gasteiger partial charge in [-0.3, -0.25) is 4.79 Å². The molecule has 2 unspecified atom stereocenters. The molecule has 0 aromatic carbocycles. The van der Waals surface area contributed by atoms with Crippen LogP contribution in [0.15, 0.2) is 0 Å². The SMILES string of the molecule is O=C(C1CCCS1)N1CCC(CCBr)C1. The molecule has 2 saturated heterocycles. The minimum atomic E-state index is 0.285. The van der Waals surface area contributed by atoms with E-state index in [1.54, 1.807) is 0 Å². The lowest BCUT2D eigenvalue weighted by Gasteiger charge is -2.19. The normalized spacial score (nSPS) is 31.1. The number of carbonyl (C=O) groups is 1. The highest BCUT2D eigenvalue weighted by molar-refractivity contribution is 9.09. The highest BCUT2D eigenvalue weighted by atomic mass is 79.9. The molecule has 1 amide bonds. The number of nitrogens with zero attached hydrogens (tertiary/aromatic N) is 1. The first-order valence-corrected chi connectivity index (χ1v) is 7.94. The van der Waals surface area contributed by atoms with Gasteiger partial charge in [-0.1, -0.05) is 15.9 Å². The summed E-state index contributed by atoms with van der Waals surface area (Å²) in [6.07, 6.45) is 4.74. The molecule has 2 atom stereocenters. The number of amides is 1. The quantitative estimate of drug-likeness (QED) is 0.745. The van der Waals surface area contributed by atoms with E-state index in [-0.39, 0.29) is 5.25 Å². The van der Waals surface area contributed by atoms with Crippen molar-refractivity contribution in [3.8, 4) is 0 Å². The molecular weight excluding hydrogens is 274 g/mol. The van der Waals surface area contributed by atoms with Crippen molar-refractivity contribution in [1.29, 1.82) is 0 Å². The summed E-state index contributed by atoms with van der Waals surface area (Å²) < 4.78 is 0. The van der Waals surface area contributed by atoms with Gasteiger partial charge in [0.2, 0.25) is 5.91 Å². The van der Waals surface area contributed by atoms with Crippen LogP contribution < -0.4 is 0 Å². The largest absolute Gasteiger partial charge is 0.341 e. The third kappa shape index (κ3) is 2.90. The van der Waals surface area contributed by atoms with E-state index in [1.807, 2.05) is 11.8 Å². The topological polar surface area (TPSA) is 20.3 Å². The van der Waals surface area contributed by atoms with Crippen LogP contribution in [0.1, 0.15) is 25.7 Å². The first-order chi connectivity index (χ1) is 7.31. The second-order valence-electron chi connectivity index (χ2n) is 4.42. The van der Waals surface area contributed by atoms with E-state index < -0.39 is 0 Å². The molecule has 0 aliphatic carbocycles. The van der Waals surface area contributed by atoms with Gasteiger partial charge >= 0.3 is 0 Å². The Kier molecular flexibility index (Phi) is 4.38. The van der Waals surface area contributed by atoms with E-state index in [2.05, 4.69) is 20.8 Å². The molecule has 15 heavy (non-hydrogen) atoms. The maximum atomic E-state index is 12.1. The average Bonchev–Trinajstić information content (AvgIpc) is 2.87. The first kappa shape index (κ1) is 11.8. The molecule has 2 aliphatic rings. The summed E-state index contributed by atoms with van der Waals surface area (Å²) in [5.41, 5.74) is 0. The third-order valence-electron chi connectivity index (χ3n) is 3.32. The summed E-state index contributed by atoms with van der Waals surface area (Å²) >= 11 is 5.33. The molecule has 0 radical (unpaired) electrons. The van der Waals surface area contributed by atoms with Gasteiger partial charge in [0.1, 0.15) is 0 Å². The molecule has 0 spiro atoms. The second kappa shape index (κ2) is 5.58. The molecule has 4 heteroatoms. The van der Waals surface area contributed by atoms with E-state index in [4.69, 9.17) is 0 Å². The molecule has 2 fully saturated rings. The van der Waals surface area contributed by atoms with E-state index >= 15 is 0 Å². The van der Waals surface area contributed by atoms with Gasteiger partial charge in [0.15, 0.2) is 0 Å². The van der Waals surface area contributed by atoms with E-state index in [1.165, 1.54) is 25.0 Å². The Bertz CT molecular complexity index is 231. The molecule has 0 bridgehead atoms. The summed E-state index contributed by atoms with van der Waals surface area (Å²) in [6, 6.07) is 0. The molecule has 2 aliphatic heterocycles. The number of likely N-dealkylation sites (tertiary alicyclic amines) is 1. The zero-order valence-corrected chi connectivity index (χ0v) is 11.4. The van der Waals surface area contributed by atoms with E-state index in [0.29, 0.717) is 5.91 Å². The first-order valence-electron chi connectivity index (χ1n) is 5.77. The van der Waals surface area contributed by atoms with Crippen molar-refractivity contribution in [3.63, 3.8) is 0 Å². The third-order valence-corrected chi connectivity index (χ3v) is 5.14. The van der Waals surface area contributed by atoms with Crippen LogP contribution in [0, 0.1) is 5.92 Å². The van der Waals surface area contributed by atoms with Crippen LogP contribution in [0.3, 0.4) is 0 Å². The lowest BCUT2D eigenvalue weighted by Crippen LogP contribution is -2.35. The fourth-order valence-electron chi connectivity index (χ4n) is 2.40. The highest BCUT2D eigenvalue weighted by Gasteiger charge is 2.32. The molecule has 0 N–H and O–H groups in total. The van der Waals surface area contributed by atoms with Crippen molar-refractivity contribution < 1.29 is 4.79 Å². The fourth-order valence-corrected chi connectivity index (χ4v) is 4.29. The number of rotatable bonds is 3. The Hall–Kier alpha value is 0.300. The van der Waals surface area contributed by atoms with Gasteiger partial charge in [0, 0.05) is 18.4 Å². The van der Waals surface area contributed by atoms with Crippen molar-refractivity contribution in [2.24, 2.45) is 5.92 Å². The van der Waals surface area contributed by atoms with Crippen LogP contribution in [0.25, 0.3) is 0 Å². The number of hydrogen-bond donors (Lipinski definition) is 0. The Morgan fingerprint density at radius 2 is 2.33 bits per heavy atom. The summed E-state index contributed by atoms with van der Waals surface area (Å²) in [5.74, 6) is 2.32. The summed E-state index contributed by atoms with van der Waals surface area (Å²) in [6.45, 7) is 2.00. The molecule has 0 aromatic heterocycles. The van der Waals surface area contributed by atoms with Crippen LogP contribution in [0.5, 0.6) is 0 Å². The van der Waals surface area contributed by atoms with Crippen LogP contribution in [-0.2, 0) is 4.79 Å². The maximum absolute atomic E-state index is 12.1. The van der Waals surface area contributed by atoms with Crippen molar-refractivity contribution >= 4 is 33.6 Å². The van der Waals surface area contributed by atoms with E-state index in [9.17, 15) is 4.79 Å². The highest BCUT2D eigenvalue weighted by Crippen LogP contribution is 2.30. The Morgan fingerprint density at radius 3 is 3.00 bits per heavy atom. The lowest BCUT2D eigenvalue weighted by molar-refractivity contribution is -0.129. The molecule has 2 heterocycles. The minimum Gasteiger partial charge on any atom is -0.341 e. The van der Waals surface area contributed by atoms with Gasteiger partial charge < -0.3 is 4.90 Å². The Balaban J connectivity index is 1.81. The van der Waals surface area contributed by atoms with Gasteiger partial charge in [0.05, 0.1) is 5.25 Å². The maximum Gasteiger partial charge on any atom is 0.235 e. The summed E-state index contributed by atoms with van der Waals surface area (Å²) in [4.78, 5) is 14.2. The predicted octanol–water partition coefficient (Wildman–Crippen LogP) is 2.52. The van der Waals surface area contributed by atoms with Gasteiger partial charge in [0.25, 0.3) is 0 Å². The van der Waals surface area contributed by atoms with Gasteiger partial charge in [-0.2, -0.15) is 0 Å².